The maximum Gasteiger partial charge on any atom is 0.145 e. The van der Waals surface area contributed by atoms with Gasteiger partial charge in [0.05, 0.1) is 16.1 Å². The minimum atomic E-state index is -0.487. The predicted molar refractivity (Wildman–Crippen MR) is 74.0 cm³/mol. The average Bonchev–Trinajstić information content (AvgIpc) is 2.34. The van der Waals surface area contributed by atoms with Crippen LogP contribution in [-0.2, 0) is 4.74 Å². The third-order valence-electron chi connectivity index (χ3n) is 2.14. The molecule has 18 heavy (non-hydrogen) atoms. The summed E-state index contributed by atoms with van der Waals surface area (Å²) in [5, 5.41) is 3.22. The van der Waals surface area contributed by atoms with Crippen molar-refractivity contribution in [2.45, 2.75) is 6.92 Å². The van der Waals surface area contributed by atoms with Gasteiger partial charge in [-0.1, -0.05) is 11.6 Å². The molecule has 0 atom stereocenters. The summed E-state index contributed by atoms with van der Waals surface area (Å²) in [7, 11) is 0. The van der Waals surface area contributed by atoms with E-state index in [9.17, 15) is 4.39 Å². The number of ether oxygens (including phenoxy) is 2. The Bertz CT molecular complexity index is 379. The summed E-state index contributed by atoms with van der Waals surface area (Å²) in [4.78, 5) is 0. The van der Waals surface area contributed by atoms with Crippen LogP contribution in [0.3, 0.4) is 0 Å². The van der Waals surface area contributed by atoms with Crippen molar-refractivity contribution in [3.63, 3.8) is 0 Å². The van der Waals surface area contributed by atoms with Gasteiger partial charge in [0.1, 0.15) is 18.2 Å². The van der Waals surface area contributed by atoms with Gasteiger partial charge in [0.25, 0.3) is 0 Å². The number of rotatable bonds is 8. The highest BCUT2D eigenvalue weighted by Crippen LogP contribution is 2.30. The van der Waals surface area contributed by atoms with E-state index in [-0.39, 0.29) is 5.02 Å². The molecule has 0 amide bonds. The zero-order valence-electron chi connectivity index (χ0n) is 10.1. The van der Waals surface area contributed by atoms with Gasteiger partial charge in [-0.25, -0.2) is 4.39 Å². The van der Waals surface area contributed by atoms with Gasteiger partial charge in [-0.15, -0.1) is 0 Å². The van der Waals surface area contributed by atoms with Crippen molar-refractivity contribution < 1.29 is 13.9 Å². The zero-order valence-corrected chi connectivity index (χ0v) is 12.5. The minimum absolute atomic E-state index is 0.0732. The summed E-state index contributed by atoms with van der Waals surface area (Å²) in [6.07, 6.45) is 0. The molecule has 102 valence electrons. The molecule has 0 aromatic heterocycles. The first kappa shape index (κ1) is 15.7. The third kappa shape index (κ3) is 5.52. The predicted octanol–water partition coefficient (Wildman–Crippen LogP) is 3.25. The van der Waals surface area contributed by atoms with Crippen molar-refractivity contribution in [3.05, 3.63) is 27.4 Å². The second kappa shape index (κ2) is 8.69. The third-order valence-corrected chi connectivity index (χ3v) is 3.05. The van der Waals surface area contributed by atoms with Crippen LogP contribution in [0.15, 0.2) is 16.6 Å². The summed E-state index contributed by atoms with van der Waals surface area (Å²) in [5.41, 5.74) is 0. The van der Waals surface area contributed by atoms with Crippen LogP contribution in [0.1, 0.15) is 6.92 Å². The first-order valence-corrected chi connectivity index (χ1v) is 6.88. The second-order valence-electron chi connectivity index (χ2n) is 3.49. The molecular formula is C12H16BrClFNO2. The standard InChI is InChI=1S/C12H16BrClFNO2/c1-2-17-5-3-16-4-6-18-12-8-11(15)10(14)7-9(12)13/h7-8,16H,2-6H2,1H3. The number of hydrogen-bond acceptors (Lipinski definition) is 3. The van der Waals surface area contributed by atoms with Crippen LogP contribution in [0.4, 0.5) is 4.39 Å². The number of halogens is 3. The average molecular weight is 341 g/mol. The van der Waals surface area contributed by atoms with Crippen molar-refractivity contribution in [1.82, 2.24) is 5.32 Å². The number of benzene rings is 1. The molecule has 0 aliphatic rings. The molecule has 0 heterocycles. The Kier molecular flexibility index (Phi) is 7.58. The lowest BCUT2D eigenvalue weighted by Crippen LogP contribution is -2.25. The van der Waals surface area contributed by atoms with E-state index in [1.54, 1.807) is 0 Å². The smallest absolute Gasteiger partial charge is 0.145 e. The van der Waals surface area contributed by atoms with Gasteiger partial charge in [-0.05, 0) is 28.9 Å². The maximum atomic E-state index is 13.2. The van der Waals surface area contributed by atoms with Crippen LogP contribution in [-0.4, -0.2) is 32.9 Å². The fourth-order valence-electron chi connectivity index (χ4n) is 1.26. The highest BCUT2D eigenvalue weighted by Gasteiger charge is 2.07. The van der Waals surface area contributed by atoms with Crippen LogP contribution in [0.2, 0.25) is 5.02 Å². The van der Waals surface area contributed by atoms with Gasteiger partial charge >= 0.3 is 0 Å². The SMILES string of the molecule is CCOCCNCCOc1cc(F)c(Cl)cc1Br. The second-order valence-corrected chi connectivity index (χ2v) is 4.75. The van der Waals surface area contributed by atoms with Crippen LogP contribution >= 0.6 is 27.5 Å². The van der Waals surface area contributed by atoms with Gasteiger partial charge < -0.3 is 14.8 Å². The lowest BCUT2D eigenvalue weighted by atomic mass is 10.3. The zero-order chi connectivity index (χ0) is 13.4. The molecule has 0 saturated carbocycles. The molecule has 6 heteroatoms. The quantitative estimate of drug-likeness (QED) is 0.582. The molecule has 1 rings (SSSR count). The van der Waals surface area contributed by atoms with Crippen molar-refractivity contribution in [3.8, 4) is 5.75 Å². The Morgan fingerprint density at radius 3 is 2.78 bits per heavy atom. The Labute approximate surface area is 120 Å². The van der Waals surface area contributed by atoms with E-state index < -0.39 is 5.82 Å². The fraction of sp³-hybridized carbons (Fsp3) is 0.500. The highest BCUT2D eigenvalue weighted by atomic mass is 79.9. The Hall–Kier alpha value is -0.360. The minimum Gasteiger partial charge on any atom is -0.491 e. The molecule has 3 nitrogen and oxygen atoms in total. The van der Waals surface area contributed by atoms with E-state index in [1.807, 2.05) is 6.92 Å². The molecule has 1 N–H and O–H groups in total. The molecule has 0 fully saturated rings. The molecule has 0 aliphatic carbocycles. The monoisotopic (exact) mass is 339 g/mol. The first-order valence-electron chi connectivity index (χ1n) is 5.71. The summed E-state index contributed by atoms with van der Waals surface area (Å²) in [6, 6.07) is 2.75. The molecule has 0 bridgehead atoms. The summed E-state index contributed by atoms with van der Waals surface area (Å²) in [5.74, 6) is -0.0392. The van der Waals surface area contributed by atoms with Gasteiger partial charge in [0, 0.05) is 25.8 Å². The summed E-state index contributed by atoms with van der Waals surface area (Å²) in [6.45, 7) is 5.24. The van der Waals surface area contributed by atoms with Crippen LogP contribution in [0.25, 0.3) is 0 Å². The summed E-state index contributed by atoms with van der Waals surface area (Å²) >= 11 is 8.90. The van der Waals surface area contributed by atoms with E-state index in [4.69, 9.17) is 21.1 Å². The van der Waals surface area contributed by atoms with Crippen LogP contribution in [0, 0.1) is 5.82 Å². The molecule has 0 aliphatic heterocycles. The topological polar surface area (TPSA) is 30.5 Å². The first-order chi connectivity index (χ1) is 8.65. The van der Waals surface area contributed by atoms with E-state index in [0.717, 1.165) is 13.2 Å². The number of nitrogens with one attached hydrogen (secondary N) is 1. The van der Waals surface area contributed by atoms with Crippen molar-refractivity contribution in [2.24, 2.45) is 0 Å². The summed E-state index contributed by atoms with van der Waals surface area (Å²) < 4.78 is 24.5. The Morgan fingerprint density at radius 2 is 2.06 bits per heavy atom. The van der Waals surface area contributed by atoms with E-state index >= 15 is 0 Å². The number of hydrogen-bond donors (Lipinski definition) is 1. The van der Waals surface area contributed by atoms with Gasteiger partial charge in [-0.2, -0.15) is 0 Å². The molecule has 0 saturated heterocycles. The molecule has 0 radical (unpaired) electrons. The van der Waals surface area contributed by atoms with Gasteiger partial charge in [0.15, 0.2) is 0 Å². The fourth-order valence-corrected chi connectivity index (χ4v) is 2.02. The molecule has 1 aromatic rings. The van der Waals surface area contributed by atoms with Crippen molar-refractivity contribution in [1.29, 1.82) is 0 Å². The van der Waals surface area contributed by atoms with Crippen LogP contribution < -0.4 is 10.1 Å². The van der Waals surface area contributed by atoms with E-state index in [1.165, 1.54) is 12.1 Å². The van der Waals surface area contributed by atoms with Crippen molar-refractivity contribution in [2.75, 3.05) is 32.9 Å². The molecule has 1 aromatic carbocycles. The highest BCUT2D eigenvalue weighted by molar-refractivity contribution is 9.10. The Morgan fingerprint density at radius 1 is 1.33 bits per heavy atom. The molecular weight excluding hydrogens is 324 g/mol. The Balaban J connectivity index is 2.25. The maximum absolute atomic E-state index is 13.2. The lowest BCUT2D eigenvalue weighted by Gasteiger charge is -2.10. The molecule has 0 unspecified atom stereocenters. The van der Waals surface area contributed by atoms with Gasteiger partial charge in [-0.3, -0.25) is 0 Å². The molecule has 0 spiro atoms. The normalized spacial score (nSPS) is 10.7. The van der Waals surface area contributed by atoms with Crippen LogP contribution in [0.5, 0.6) is 5.75 Å². The van der Waals surface area contributed by atoms with E-state index in [0.29, 0.717) is 30.0 Å². The lowest BCUT2D eigenvalue weighted by molar-refractivity contribution is 0.148. The van der Waals surface area contributed by atoms with E-state index in [2.05, 4.69) is 21.2 Å². The largest absolute Gasteiger partial charge is 0.491 e. The van der Waals surface area contributed by atoms with Gasteiger partial charge in [0.2, 0.25) is 0 Å². The van der Waals surface area contributed by atoms with Crippen molar-refractivity contribution >= 4 is 27.5 Å².